The molecule has 0 bridgehead atoms. The second-order valence-electron chi connectivity index (χ2n) is 11.8. The number of aromatic nitrogens is 1. The van der Waals surface area contributed by atoms with Gasteiger partial charge in [0, 0.05) is 73.0 Å². The lowest BCUT2D eigenvalue weighted by atomic mass is 9.77. The standard InChI is InChI=1S/C35H35N3O3S/c1-7-17-37(6)25-13-15-28-32(21-25)42(39,40)31-20-24(36(4)5)12-14-27(31)35(28)34-33(23(3)29-10-8-9-18-38(29)34)26-19-22(2)11-16-30(26)41-35/h8-16,18-21H,7,17H2,1-6H3. The van der Waals surface area contributed by atoms with Gasteiger partial charge >= 0.3 is 0 Å². The van der Waals surface area contributed by atoms with Gasteiger partial charge in [-0.25, -0.2) is 8.42 Å². The van der Waals surface area contributed by atoms with Crippen LogP contribution in [-0.2, 0) is 15.4 Å². The van der Waals surface area contributed by atoms with Gasteiger partial charge in [0.25, 0.3) is 0 Å². The third-order valence-corrected chi connectivity index (χ3v) is 10.7. The minimum absolute atomic E-state index is 0.279. The van der Waals surface area contributed by atoms with Crippen LogP contribution in [0, 0.1) is 13.8 Å². The van der Waals surface area contributed by atoms with E-state index < -0.39 is 15.4 Å². The van der Waals surface area contributed by atoms with Gasteiger partial charge in [0.15, 0.2) is 0 Å². The van der Waals surface area contributed by atoms with Crippen molar-refractivity contribution in [1.82, 2.24) is 4.40 Å². The molecule has 1 unspecified atom stereocenters. The molecule has 0 N–H and O–H groups in total. The van der Waals surface area contributed by atoms with E-state index >= 15 is 0 Å². The molecule has 0 aliphatic carbocycles. The summed E-state index contributed by atoms with van der Waals surface area (Å²) in [5, 5.41) is 0. The van der Waals surface area contributed by atoms with Gasteiger partial charge < -0.3 is 18.9 Å². The number of anilines is 2. The number of nitrogens with zero attached hydrogens (tertiary/aromatic N) is 3. The predicted octanol–water partition coefficient (Wildman–Crippen LogP) is 6.97. The average Bonchev–Trinajstić information content (AvgIpc) is 3.29. The van der Waals surface area contributed by atoms with Crippen molar-refractivity contribution >= 4 is 26.7 Å². The van der Waals surface area contributed by atoms with Crippen LogP contribution in [0.5, 0.6) is 5.75 Å². The Kier molecular flexibility index (Phi) is 5.80. The number of ether oxygens (including phenoxy) is 1. The molecule has 0 saturated carbocycles. The second kappa shape index (κ2) is 9.13. The number of sulfone groups is 1. The molecular weight excluding hydrogens is 542 g/mol. The first-order valence-electron chi connectivity index (χ1n) is 14.4. The summed E-state index contributed by atoms with van der Waals surface area (Å²) in [7, 11) is 1.98. The molecular formula is C35H35N3O3S. The highest BCUT2D eigenvalue weighted by Crippen LogP contribution is 2.58. The zero-order chi connectivity index (χ0) is 29.6. The molecule has 4 heterocycles. The minimum Gasteiger partial charge on any atom is -0.471 e. The molecule has 7 heteroatoms. The van der Waals surface area contributed by atoms with E-state index in [1.54, 1.807) is 6.07 Å². The number of hydrogen-bond acceptors (Lipinski definition) is 5. The number of benzene rings is 3. The summed E-state index contributed by atoms with van der Waals surface area (Å²) in [6, 6.07) is 24.0. The quantitative estimate of drug-likeness (QED) is 0.231. The van der Waals surface area contributed by atoms with Gasteiger partial charge in [-0.15, -0.1) is 0 Å². The van der Waals surface area contributed by atoms with Crippen LogP contribution in [0.1, 0.15) is 41.3 Å². The topological polar surface area (TPSA) is 54.3 Å². The van der Waals surface area contributed by atoms with Crippen molar-refractivity contribution in [3.05, 3.63) is 107 Å². The molecule has 1 spiro atoms. The Hall–Kier alpha value is -4.23. The van der Waals surface area contributed by atoms with E-state index in [1.165, 1.54) is 0 Å². The Balaban J connectivity index is 1.67. The smallest absolute Gasteiger partial charge is 0.207 e. The van der Waals surface area contributed by atoms with Gasteiger partial charge in [-0.3, -0.25) is 0 Å². The van der Waals surface area contributed by atoms with Gasteiger partial charge in [0.2, 0.25) is 15.4 Å². The lowest BCUT2D eigenvalue weighted by molar-refractivity contribution is 0.138. The molecule has 0 saturated heterocycles. The van der Waals surface area contributed by atoms with Crippen molar-refractivity contribution in [3.8, 4) is 16.9 Å². The van der Waals surface area contributed by atoms with Crippen molar-refractivity contribution in [1.29, 1.82) is 0 Å². The minimum atomic E-state index is -3.88. The molecule has 1 atom stereocenters. The lowest BCUT2D eigenvalue weighted by Gasteiger charge is -2.44. The fraction of sp³-hybridized carbons (Fsp3) is 0.257. The number of hydrogen-bond donors (Lipinski definition) is 0. The van der Waals surface area contributed by atoms with Crippen LogP contribution in [0.4, 0.5) is 11.4 Å². The van der Waals surface area contributed by atoms with Gasteiger partial charge in [-0.05, 0) is 74.4 Å². The van der Waals surface area contributed by atoms with Crippen LogP contribution in [0.25, 0.3) is 16.6 Å². The first-order chi connectivity index (χ1) is 20.1. The Bertz CT molecular complexity index is 2030. The van der Waals surface area contributed by atoms with E-state index in [-0.39, 0.29) is 9.79 Å². The zero-order valence-corrected chi connectivity index (χ0v) is 25.7. The van der Waals surface area contributed by atoms with Crippen LogP contribution in [0.2, 0.25) is 0 Å². The molecule has 7 rings (SSSR count). The van der Waals surface area contributed by atoms with E-state index in [0.29, 0.717) is 11.1 Å². The molecule has 3 aromatic carbocycles. The van der Waals surface area contributed by atoms with Crippen molar-refractivity contribution < 1.29 is 13.2 Å². The largest absolute Gasteiger partial charge is 0.471 e. The highest BCUT2D eigenvalue weighted by Gasteiger charge is 2.55. The van der Waals surface area contributed by atoms with Crippen molar-refractivity contribution in [2.45, 2.75) is 42.6 Å². The molecule has 0 fully saturated rings. The van der Waals surface area contributed by atoms with E-state index in [9.17, 15) is 8.42 Å². The Morgan fingerprint density at radius 1 is 0.857 bits per heavy atom. The Morgan fingerprint density at radius 3 is 2.24 bits per heavy atom. The van der Waals surface area contributed by atoms with Crippen molar-refractivity contribution in [3.63, 3.8) is 0 Å². The summed E-state index contributed by atoms with van der Waals surface area (Å²) in [5.74, 6) is 0.743. The highest BCUT2D eigenvalue weighted by molar-refractivity contribution is 7.91. The summed E-state index contributed by atoms with van der Waals surface area (Å²) in [4.78, 5) is 4.61. The van der Waals surface area contributed by atoms with E-state index in [1.807, 2.05) is 74.6 Å². The SMILES string of the molecule is CCCN(C)c1ccc2c(c1)S(=O)(=O)c1cc(N(C)C)ccc1C21Oc2ccc(C)cc2-c2c(C)c3ccccn3c21. The maximum atomic E-state index is 14.6. The number of aryl methyl sites for hydroxylation is 2. The molecule has 42 heavy (non-hydrogen) atoms. The average molecular weight is 578 g/mol. The van der Waals surface area contributed by atoms with Gasteiger partial charge in [0.1, 0.15) is 5.75 Å². The van der Waals surface area contributed by atoms with Gasteiger partial charge in [0.05, 0.1) is 15.5 Å². The van der Waals surface area contributed by atoms with Crippen LogP contribution in [0.15, 0.2) is 88.8 Å². The second-order valence-corrected chi connectivity index (χ2v) is 13.7. The fourth-order valence-corrected chi connectivity index (χ4v) is 8.63. The normalized spacial score (nSPS) is 17.7. The number of fused-ring (bicyclic) bond motifs is 10. The van der Waals surface area contributed by atoms with Crippen LogP contribution < -0.4 is 14.5 Å². The Labute approximate surface area is 247 Å². The Morgan fingerprint density at radius 2 is 1.55 bits per heavy atom. The summed E-state index contributed by atoms with van der Waals surface area (Å²) in [6.45, 7) is 7.18. The highest BCUT2D eigenvalue weighted by atomic mass is 32.2. The number of pyridine rings is 1. The van der Waals surface area contributed by atoms with Gasteiger partial charge in [-0.2, -0.15) is 0 Å². The first-order valence-corrected chi connectivity index (χ1v) is 15.9. The van der Waals surface area contributed by atoms with E-state index in [2.05, 4.69) is 54.5 Å². The molecule has 0 amide bonds. The summed E-state index contributed by atoms with van der Waals surface area (Å²) in [6.07, 6.45) is 3.02. The molecule has 0 radical (unpaired) electrons. The molecule has 2 aliphatic rings. The van der Waals surface area contributed by atoms with Crippen LogP contribution >= 0.6 is 0 Å². The zero-order valence-electron chi connectivity index (χ0n) is 24.9. The van der Waals surface area contributed by atoms with E-state index in [4.69, 9.17) is 4.74 Å². The maximum absolute atomic E-state index is 14.6. The predicted molar refractivity (Wildman–Crippen MR) is 169 cm³/mol. The van der Waals surface area contributed by atoms with Crippen molar-refractivity contribution in [2.24, 2.45) is 0 Å². The summed E-state index contributed by atoms with van der Waals surface area (Å²) >= 11 is 0. The molecule has 2 aromatic heterocycles. The summed E-state index contributed by atoms with van der Waals surface area (Å²) < 4.78 is 38.6. The van der Waals surface area contributed by atoms with Crippen molar-refractivity contribution in [2.75, 3.05) is 37.5 Å². The molecule has 5 aromatic rings. The third kappa shape index (κ3) is 3.46. The maximum Gasteiger partial charge on any atom is 0.207 e. The van der Waals surface area contributed by atoms with E-state index in [0.717, 1.165) is 63.6 Å². The third-order valence-electron chi connectivity index (χ3n) is 8.88. The van der Waals surface area contributed by atoms with Crippen LogP contribution in [-0.4, -0.2) is 40.5 Å². The van der Waals surface area contributed by atoms with Crippen LogP contribution in [0.3, 0.4) is 0 Å². The molecule has 214 valence electrons. The first kappa shape index (κ1) is 26.7. The monoisotopic (exact) mass is 577 g/mol. The molecule has 6 nitrogen and oxygen atoms in total. The number of rotatable bonds is 4. The lowest BCUT2D eigenvalue weighted by Crippen LogP contribution is -2.44. The molecule has 2 aliphatic heterocycles. The van der Waals surface area contributed by atoms with Gasteiger partial charge in [-0.1, -0.05) is 36.8 Å². The summed E-state index contributed by atoms with van der Waals surface area (Å²) in [5.41, 5.74) is 8.15. The fourth-order valence-electron chi connectivity index (χ4n) is 6.84.